The Morgan fingerprint density at radius 1 is 0.962 bits per heavy atom. The number of anilines is 2. The summed E-state index contributed by atoms with van der Waals surface area (Å²) in [6.07, 6.45) is -4.61. The van der Waals surface area contributed by atoms with Crippen molar-refractivity contribution in [3.8, 4) is 0 Å². The van der Waals surface area contributed by atoms with Crippen LogP contribution < -0.4 is 10.6 Å². The summed E-state index contributed by atoms with van der Waals surface area (Å²) in [5, 5.41) is 5.34. The maximum absolute atomic E-state index is 12.7. The highest BCUT2D eigenvalue weighted by Gasteiger charge is 2.30. The molecule has 0 aliphatic rings. The van der Waals surface area contributed by atoms with Crippen LogP contribution in [0.2, 0.25) is 0 Å². The van der Waals surface area contributed by atoms with E-state index in [0.717, 1.165) is 12.1 Å². The largest absolute Gasteiger partial charge is 0.416 e. The van der Waals surface area contributed by atoms with Crippen LogP contribution in [-0.2, 0) is 22.2 Å². The van der Waals surface area contributed by atoms with Crippen LogP contribution in [-0.4, -0.2) is 11.8 Å². The summed E-state index contributed by atoms with van der Waals surface area (Å²) in [5.41, 5.74) is 0.579. The van der Waals surface area contributed by atoms with Crippen LogP contribution in [0.5, 0.6) is 0 Å². The molecule has 138 valence electrons. The van der Waals surface area contributed by atoms with E-state index in [-0.39, 0.29) is 23.8 Å². The number of hydrogen-bond acceptors (Lipinski definition) is 2. The molecule has 0 bridgehead atoms. The molecule has 0 heterocycles. The predicted molar refractivity (Wildman–Crippen MR) is 93.7 cm³/mol. The number of alkyl halides is 3. The molecule has 0 unspecified atom stereocenters. The molecule has 2 rings (SSSR count). The van der Waals surface area contributed by atoms with Gasteiger partial charge in [-0.1, -0.05) is 32.0 Å². The molecule has 0 fully saturated rings. The molecule has 2 aromatic rings. The fraction of sp³-hybridized carbons (Fsp3) is 0.263. The average Bonchev–Trinajstić information content (AvgIpc) is 2.56. The van der Waals surface area contributed by atoms with Crippen LogP contribution in [0.1, 0.15) is 25.0 Å². The number of nitrogens with one attached hydrogen (secondary N) is 2. The first-order chi connectivity index (χ1) is 12.1. The Labute approximate surface area is 149 Å². The van der Waals surface area contributed by atoms with Gasteiger partial charge in [-0.2, -0.15) is 13.2 Å². The number of carbonyl (C=O) groups is 2. The van der Waals surface area contributed by atoms with Crippen molar-refractivity contribution < 1.29 is 22.8 Å². The Morgan fingerprint density at radius 2 is 1.54 bits per heavy atom. The number of amides is 2. The maximum Gasteiger partial charge on any atom is 0.416 e. The topological polar surface area (TPSA) is 58.2 Å². The van der Waals surface area contributed by atoms with Gasteiger partial charge in [0.15, 0.2) is 0 Å². The van der Waals surface area contributed by atoms with E-state index >= 15 is 0 Å². The van der Waals surface area contributed by atoms with Crippen molar-refractivity contribution in [1.29, 1.82) is 0 Å². The van der Waals surface area contributed by atoms with Gasteiger partial charge in [-0.15, -0.1) is 0 Å². The van der Waals surface area contributed by atoms with Crippen LogP contribution in [0.15, 0.2) is 48.5 Å². The van der Waals surface area contributed by atoms with Crippen molar-refractivity contribution >= 4 is 23.2 Å². The van der Waals surface area contributed by atoms with Crippen LogP contribution in [0, 0.1) is 5.92 Å². The molecular weight excluding hydrogens is 345 g/mol. The van der Waals surface area contributed by atoms with Gasteiger partial charge in [0.1, 0.15) is 0 Å². The number of hydrogen-bond donors (Lipinski definition) is 2. The average molecular weight is 364 g/mol. The molecule has 2 amide bonds. The molecular formula is C19H19F3N2O2. The van der Waals surface area contributed by atoms with E-state index in [9.17, 15) is 22.8 Å². The monoisotopic (exact) mass is 364 g/mol. The van der Waals surface area contributed by atoms with Crippen LogP contribution >= 0.6 is 0 Å². The second-order valence-electron chi connectivity index (χ2n) is 6.14. The van der Waals surface area contributed by atoms with E-state index < -0.39 is 17.6 Å². The van der Waals surface area contributed by atoms with Gasteiger partial charge in [0.2, 0.25) is 11.8 Å². The summed E-state index contributed by atoms with van der Waals surface area (Å²) in [5.74, 6) is -0.698. The molecule has 0 spiro atoms. The molecule has 0 saturated carbocycles. The van der Waals surface area contributed by atoms with Gasteiger partial charge >= 0.3 is 6.18 Å². The molecule has 2 aromatic carbocycles. The highest BCUT2D eigenvalue weighted by molar-refractivity contribution is 5.94. The second kappa shape index (κ2) is 8.03. The van der Waals surface area contributed by atoms with E-state index in [1.54, 1.807) is 38.1 Å². The smallest absolute Gasteiger partial charge is 0.326 e. The third kappa shape index (κ3) is 5.61. The number of carbonyl (C=O) groups excluding carboxylic acids is 2. The summed E-state index contributed by atoms with van der Waals surface area (Å²) >= 11 is 0. The van der Waals surface area contributed by atoms with Gasteiger partial charge < -0.3 is 10.6 Å². The fourth-order valence-corrected chi connectivity index (χ4v) is 2.17. The second-order valence-corrected chi connectivity index (χ2v) is 6.14. The molecule has 0 aliphatic heterocycles. The third-order valence-electron chi connectivity index (χ3n) is 3.58. The molecule has 0 saturated heterocycles. The minimum absolute atomic E-state index is 0.119. The highest BCUT2D eigenvalue weighted by atomic mass is 19.4. The lowest BCUT2D eigenvalue weighted by molar-refractivity contribution is -0.137. The van der Waals surface area contributed by atoms with Crippen LogP contribution in [0.25, 0.3) is 0 Å². The van der Waals surface area contributed by atoms with Gasteiger partial charge in [-0.25, -0.2) is 0 Å². The predicted octanol–water partition coefficient (Wildman–Crippen LogP) is 4.48. The van der Waals surface area contributed by atoms with Crippen molar-refractivity contribution in [3.05, 3.63) is 59.7 Å². The van der Waals surface area contributed by atoms with Crippen LogP contribution in [0.3, 0.4) is 0 Å². The number of rotatable bonds is 5. The minimum atomic E-state index is -4.44. The lowest BCUT2D eigenvalue weighted by atomic mass is 10.1. The molecule has 2 N–H and O–H groups in total. The van der Waals surface area contributed by atoms with Crippen molar-refractivity contribution in [3.63, 3.8) is 0 Å². The summed E-state index contributed by atoms with van der Waals surface area (Å²) in [6.45, 7) is 3.55. The summed E-state index contributed by atoms with van der Waals surface area (Å²) in [4.78, 5) is 23.6. The van der Waals surface area contributed by atoms with E-state index in [4.69, 9.17) is 0 Å². The Hall–Kier alpha value is -2.83. The van der Waals surface area contributed by atoms with Crippen molar-refractivity contribution in [1.82, 2.24) is 0 Å². The lowest BCUT2D eigenvalue weighted by Crippen LogP contribution is -2.18. The SMILES string of the molecule is CC(C)C(=O)Nc1ccc(NC(=O)Cc2cccc(C(F)(F)F)c2)cc1. The Balaban J connectivity index is 1.97. The third-order valence-corrected chi connectivity index (χ3v) is 3.58. The zero-order chi connectivity index (χ0) is 19.3. The first kappa shape index (κ1) is 19.5. The zero-order valence-corrected chi connectivity index (χ0v) is 14.4. The van der Waals surface area contributed by atoms with Crippen LogP contribution in [0.4, 0.5) is 24.5 Å². The first-order valence-electron chi connectivity index (χ1n) is 8.02. The minimum Gasteiger partial charge on any atom is -0.326 e. The van der Waals surface area contributed by atoms with Crippen molar-refractivity contribution in [2.24, 2.45) is 5.92 Å². The molecule has 7 heteroatoms. The normalized spacial score (nSPS) is 11.3. The Kier molecular flexibility index (Phi) is 6.02. The maximum atomic E-state index is 12.7. The summed E-state index contributed by atoms with van der Waals surface area (Å²) < 4.78 is 38.1. The summed E-state index contributed by atoms with van der Waals surface area (Å²) in [6, 6.07) is 11.2. The van der Waals surface area contributed by atoms with Gasteiger partial charge in [-0.05, 0) is 35.9 Å². The molecule has 0 radical (unpaired) electrons. The summed E-state index contributed by atoms with van der Waals surface area (Å²) in [7, 11) is 0. The lowest BCUT2D eigenvalue weighted by Gasteiger charge is -2.10. The van der Waals surface area contributed by atoms with Crippen molar-refractivity contribution in [2.75, 3.05) is 10.6 Å². The number of benzene rings is 2. The Bertz CT molecular complexity index is 784. The van der Waals surface area contributed by atoms with E-state index in [2.05, 4.69) is 10.6 Å². The molecule has 4 nitrogen and oxygen atoms in total. The van der Waals surface area contributed by atoms with E-state index in [1.165, 1.54) is 12.1 Å². The van der Waals surface area contributed by atoms with Gasteiger partial charge in [0.05, 0.1) is 12.0 Å². The van der Waals surface area contributed by atoms with E-state index in [1.807, 2.05) is 0 Å². The molecule has 0 atom stereocenters. The van der Waals surface area contributed by atoms with Gasteiger partial charge in [-0.3, -0.25) is 9.59 Å². The standard InChI is InChI=1S/C19H19F3N2O2/c1-12(2)18(26)24-16-8-6-15(7-9-16)23-17(25)11-13-4-3-5-14(10-13)19(20,21)22/h3-10,12H,11H2,1-2H3,(H,23,25)(H,24,26). The van der Waals surface area contributed by atoms with Crippen molar-refractivity contribution in [2.45, 2.75) is 26.4 Å². The molecule has 0 aliphatic carbocycles. The quantitative estimate of drug-likeness (QED) is 0.822. The zero-order valence-electron chi connectivity index (χ0n) is 14.4. The molecule has 0 aromatic heterocycles. The molecule has 26 heavy (non-hydrogen) atoms. The number of halogens is 3. The highest BCUT2D eigenvalue weighted by Crippen LogP contribution is 2.29. The van der Waals surface area contributed by atoms with Gasteiger partial charge in [0, 0.05) is 17.3 Å². The van der Waals surface area contributed by atoms with E-state index in [0.29, 0.717) is 11.4 Å². The fourth-order valence-electron chi connectivity index (χ4n) is 2.17. The first-order valence-corrected chi connectivity index (χ1v) is 8.02. The van der Waals surface area contributed by atoms with Gasteiger partial charge in [0.25, 0.3) is 0 Å². The Morgan fingerprint density at radius 3 is 2.08 bits per heavy atom.